The molecule has 0 radical (unpaired) electrons. The van der Waals surface area contributed by atoms with Crippen molar-refractivity contribution in [2.24, 2.45) is 0 Å². The molecule has 1 aliphatic rings. The van der Waals surface area contributed by atoms with E-state index in [1.807, 2.05) is 40.3 Å². The van der Waals surface area contributed by atoms with Crippen LogP contribution in [0.4, 0.5) is 0 Å². The van der Waals surface area contributed by atoms with Crippen molar-refractivity contribution < 1.29 is 0 Å². The molecule has 0 aromatic heterocycles. The minimum Gasteiger partial charge on any atom is -0.0808 e. The molecule has 0 nitrogen and oxygen atoms in total. The molecule has 1 unspecified atom stereocenters. The van der Waals surface area contributed by atoms with Gasteiger partial charge >= 0.3 is 0 Å². The molecule has 0 aliphatic carbocycles. The van der Waals surface area contributed by atoms with Gasteiger partial charge in [-0.2, -0.15) is 0 Å². The largest absolute Gasteiger partial charge is 0.0808 e. The zero-order valence-electron chi connectivity index (χ0n) is 6.83. The predicted molar refractivity (Wildman–Crippen MR) is 70.0 cm³/mol. The molecule has 0 saturated carbocycles. The van der Waals surface area contributed by atoms with Gasteiger partial charge in [0, 0.05) is 10.6 Å². The maximum Gasteiger partial charge on any atom is 0.0609 e. The van der Waals surface area contributed by atoms with Gasteiger partial charge in [0.2, 0.25) is 0 Å². The fraction of sp³-hybridized carbons (Fsp3) is 1.00. The zero-order chi connectivity index (χ0) is 8.32. The van der Waals surface area contributed by atoms with E-state index < -0.39 is 8.07 Å². The SMILES string of the molecule is C[Si](C)(C)C1CSSSSS1. The highest BCUT2D eigenvalue weighted by Crippen LogP contribution is 2.55. The summed E-state index contributed by atoms with van der Waals surface area (Å²) in [6, 6.07) is 0. The summed E-state index contributed by atoms with van der Waals surface area (Å²) < 4.78 is 0. The van der Waals surface area contributed by atoms with E-state index in [1.165, 1.54) is 5.75 Å². The molecule has 0 N–H and O–H groups in total. The lowest BCUT2D eigenvalue weighted by Gasteiger charge is -2.24. The first-order chi connectivity index (χ1) is 5.11. The van der Waals surface area contributed by atoms with Crippen LogP contribution in [0.5, 0.6) is 0 Å². The van der Waals surface area contributed by atoms with E-state index in [1.54, 1.807) is 0 Å². The lowest BCUT2D eigenvalue weighted by Crippen LogP contribution is -2.36. The Morgan fingerprint density at radius 2 is 1.82 bits per heavy atom. The van der Waals surface area contributed by atoms with E-state index in [2.05, 4.69) is 30.4 Å². The fourth-order valence-electron chi connectivity index (χ4n) is 0.606. The van der Waals surface area contributed by atoms with Crippen molar-refractivity contribution >= 4 is 59.1 Å². The van der Waals surface area contributed by atoms with Crippen molar-refractivity contribution in [1.29, 1.82) is 0 Å². The van der Waals surface area contributed by atoms with E-state index in [4.69, 9.17) is 0 Å². The van der Waals surface area contributed by atoms with Gasteiger partial charge < -0.3 is 0 Å². The number of hydrogen-bond donors (Lipinski definition) is 0. The Hall–Kier alpha value is 1.97. The molecule has 0 amide bonds. The van der Waals surface area contributed by atoms with Gasteiger partial charge in [-0.05, 0) is 29.5 Å². The molecule has 1 heterocycles. The highest BCUT2D eigenvalue weighted by Gasteiger charge is 2.29. The fourth-order valence-corrected chi connectivity index (χ4v) is 17.3. The van der Waals surface area contributed by atoms with E-state index in [0.29, 0.717) is 0 Å². The molecular weight excluding hydrogens is 248 g/mol. The van der Waals surface area contributed by atoms with Crippen LogP contribution in [0, 0.1) is 0 Å². The normalized spacial score (nSPS) is 28.1. The van der Waals surface area contributed by atoms with Crippen LogP contribution in [0.1, 0.15) is 0 Å². The zero-order valence-corrected chi connectivity index (χ0v) is 11.9. The highest BCUT2D eigenvalue weighted by molar-refractivity contribution is 9.36. The standard InChI is InChI=1S/C5H12S5Si/c1-11(2,3)5-4-6-8-10-9-7-5/h5H,4H2,1-3H3. The van der Waals surface area contributed by atoms with Crippen LogP contribution in [-0.2, 0) is 0 Å². The van der Waals surface area contributed by atoms with E-state index in [9.17, 15) is 0 Å². The molecule has 0 aromatic rings. The van der Waals surface area contributed by atoms with Gasteiger partial charge in [0.1, 0.15) is 0 Å². The third-order valence-corrected chi connectivity index (χ3v) is 15.8. The maximum atomic E-state index is 2.46. The van der Waals surface area contributed by atoms with Crippen molar-refractivity contribution in [3.8, 4) is 0 Å². The number of hydrogen-bond acceptors (Lipinski definition) is 5. The van der Waals surface area contributed by atoms with Crippen LogP contribution in [0.2, 0.25) is 19.6 Å². The molecule has 1 atom stereocenters. The summed E-state index contributed by atoms with van der Waals surface area (Å²) in [5.74, 6) is 1.34. The summed E-state index contributed by atoms with van der Waals surface area (Å²) in [6.45, 7) is 7.39. The van der Waals surface area contributed by atoms with Crippen LogP contribution in [0.15, 0.2) is 0 Å². The summed E-state index contributed by atoms with van der Waals surface area (Å²) in [4.78, 5) is 0.931. The molecule has 0 bridgehead atoms. The molecule has 6 heteroatoms. The second-order valence-corrected chi connectivity index (χ2v) is 17.2. The first kappa shape index (κ1) is 11.0. The van der Waals surface area contributed by atoms with Gasteiger partial charge in [-0.1, -0.05) is 41.2 Å². The van der Waals surface area contributed by atoms with Gasteiger partial charge in [-0.25, -0.2) is 0 Å². The predicted octanol–water partition coefficient (Wildman–Crippen LogP) is 4.57. The summed E-state index contributed by atoms with van der Waals surface area (Å²) in [6.07, 6.45) is 0. The average Bonchev–Trinajstić information content (AvgIpc) is 2.10. The highest BCUT2D eigenvalue weighted by atomic mass is 33.8. The first-order valence-electron chi connectivity index (χ1n) is 3.39. The summed E-state index contributed by atoms with van der Waals surface area (Å²) in [7, 11) is 9.03. The van der Waals surface area contributed by atoms with Crippen molar-refractivity contribution in [2.45, 2.75) is 24.5 Å². The van der Waals surface area contributed by atoms with Crippen molar-refractivity contribution in [2.75, 3.05) is 5.75 Å². The smallest absolute Gasteiger partial charge is 0.0609 e. The van der Waals surface area contributed by atoms with E-state index in [0.717, 1.165) is 4.87 Å². The lowest BCUT2D eigenvalue weighted by molar-refractivity contribution is 1.33. The van der Waals surface area contributed by atoms with Crippen molar-refractivity contribution in [1.82, 2.24) is 0 Å². The van der Waals surface area contributed by atoms with Crippen molar-refractivity contribution in [3.05, 3.63) is 0 Å². The molecular formula is C5H12S5Si. The topological polar surface area (TPSA) is 0 Å². The Morgan fingerprint density at radius 1 is 1.09 bits per heavy atom. The monoisotopic (exact) mass is 260 g/mol. The summed E-state index contributed by atoms with van der Waals surface area (Å²) in [5, 5.41) is 0. The molecule has 1 saturated heterocycles. The van der Waals surface area contributed by atoms with E-state index in [-0.39, 0.29) is 0 Å². The van der Waals surface area contributed by atoms with Gasteiger partial charge in [-0.3, -0.25) is 0 Å². The van der Waals surface area contributed by atoms with Crippen LogP contribution in [0.25, 0.3) is 0 Å². The third-order valence-electron chi connectivity index (χ3n) is 1.44. The maximum absolute atomic E-state index is 2.46. The summed E-state index contributed by atoms with van der Waals surface area (Å²) >= 11 is 0. The Kier molecular flexibility index (Phi) is 5.02. The van der Waals surface area contributed by atoms with Crippen LogP contribution in [0.3, 0.4) is 0 Å². The van der Waals surface area contributed by atoms with Crippen LogP contribution in [-0.4, -0.2) is 18.7 Å². The second-order valence-electron chi connectivity index (χ2n) is 3.44. The molecule has 0 spiro atoms. The number of rotatable bonds is 1. The quantitative estimate of drug-likeness (QED) is 0.499. The summed E-state index contributed by atoms with van der Waals surface area (Å²) in [5.41, 5.74) is 0. The average molecular weight is 261 g/mol. The van der Waals surface area contributed by atoms with Crippen molar-refractivity contribution in [3.63, 3.8) is 0 Å². The Bertz CT molecular complexity index is 115. The molecule has 1 aliphatic heterocycles. The van der Waals surface area contributed by atoms with Gasteiger partial charge in [0.05, 0.1) is 8.07 Å². The molecule has 1 fully saturated rings. The first-order valence-corrected chi connectivity index (χ1v) is 13.3. The molecule has 66 valence electrons. The Balaban J connectivity index is 2.43. The Morgan fingerprint density at radius 3 is 2.45 bits per heavy atom. The Labute approximate surface area is 88.8 Å². The van der Waals surface area contributed by atoms with E-state index >= 15 is 0 Å². The molecule has 0 aromatic carbocycles. The molecule has 11 heavy (non-hydrogen) atoms. The molecule has 1 rings (SSSR count). The minimum atomic E-state index is -0.894. The third kappa shape index (κ3) is 4.13. The van der Waals surface area contributed by atoms with Gasteiger partial charge in [-0.15, -0.1) is 0 Å². The lowest BCUT2D eigenvalue weighted by atomic mass is 10.9. The second kappa shape index (κ2) is 5.00. The van der Waals surface area contributed by atoms with Crippen LogP contribution >= 0.6 is 51.1 Å². The van der Waals surface area contributed by atoms with Gasteiger partial charge in [0.25, 0.3) is 0 Å². The van der Waals surface area contributed by atoms with Crippen LogP contribution < -0.4 is 0 Å². The van der Waals surface area contributed by atoms with Gasteiger partial charge in [0.15, 0.2) is 0 Å². The minimum absolute atomic E-state index is 0.894.